The van der Waals surface area contributed by atoms with Crippen molar-refractivity contribution in [2.24, 2.45) is 7.05 Å². The molecule has 0 aliphatic carbocycles. The number of hydrogen-bond donors (Lipinski definition) is 0. The Labute approximate surface area is 147 Å². The predicted octanol–water partition coefficient (Wildman–Crippen LogP) is 1.96. The molecule has 3 rings (SSSR count). The Balaban J connectivity index is 1.72. The maximum Gasteiger partial charge on any atom is 0.250 e. The average Bonchev–Trinajstić information content (AvgIpc) is 2.64. The second-order valence-corrected chi connectivity index (χ2v) is 8.20. The number of ether oxygens (including phenoxy) is 1. The summed E-state index contributed by atoms with van der Waals surface area (Å²) in [6.45, 7) is 0.905. The van der Waals surface area contributed by atoms with E-state index in [0.717, 1.165) is 5.56 Å². The number of aryl methyl sites for hydroxylation is 1. The second-order valence-electron chi connectivity index (χ2n) is 6.26. The van der Waals surface area contributed by atoms with E-state index >= 15 is 0 Å². The lowest BCUT2D eigenvalue weighted by Crippen LogP contribution is -2.38. The smallest absolute Gasteiger partial charge is 0.250 e. The second kappa shape index (κ2) is 7.01. The monoisotopic (exact) mass is 362 g/mol. The van der Waals surface area contributed by atoms with Crippen LogP contribution < -0.4 is 10.3 Å². The predicted molar refractivity (Wildman–Crippen MR) is 95.4 cm³/mol. The molecule has 134 valence electrons. The number of rotatable bonds is 4. The third kappa shape index (κ3) is 3.62. The van der Waals surface area contributed by atoms with Crippen molar-refractivity contribution < 1.29 is 13.2 Å². The van der Waals surface area contributed by atoms with Gasteiger partial charge in [-0.05, 0) is 54.7 Å². The van der Waals surface area contributed by atoms with Gasteiger partial charge in [0.1, 0.15) is 5.75 Å². The molecule has 0 amide bonds. The highest BCUT2D eigenvalue weighted by atomic mass is 32.2. The minimum Gasteiger partial charge on any atom is -0.497 e. The Kier molecular flexibility index (Phi) is 4.96. The first-order valence-corrected chi connectivity index (χ1v) is 9.66. The van der Waals surface area contributed by atoms with E-state index in [-0.39, 0.29) is 16.4 Å². The van der Waals surface area contributed by atoms with Crippen molar-refractivity contribution in [3.05, 3.63) is 58.5 Å². The quantitative estimate of drug-likeness (QED) is 0.834. The summed E-state index contributed by atoms with van der Waals surface area (Å²) in [7, 11) is -0.230. The highest BCUT2D eigenvalue weighted by molar-refractivity contribution is 7.89. The lowest BCUT2D eigenvalue weighted by molar-refractivity contribution is 0.319. The standard InChI is InChI=1S/C18H22N2O4S/c1-19-10-7-15(13-18(19)21)14-8-11-20(12-9-14)25(22,23)17-5-3-16(24-2)4-6-17/h3-7,10,13-14H,8-9,11-12H2,1-2H3. The fourth-order valence-corrected chi connectivity index (χ4v) is 4.61. The maximum atomic E-state index is 12.8. The van der Waals surface area contributed by atoms with E-state index in [1.54, 1.807) is 50.7 Å². The summed E-state index contributed by atoms with van der Waals surface area (Å²) in [5, 5.41) is 0. The first-order valence-electron chi connectivity index (χ1n) is 8.22. The molecule has 0 saturated carbocycles. The number of sulfonamides is 1. The highest BCUT2D eigenvalue weighted by Crippen LogP contribution is 2.30. The Morgan fingerprint density at radius 1 is 1.08 bits per heavy atom. The van der Waals surface area contributed by atoms with Gasteiger partial charge in [-0.1, -0.05) is 0 Å². The Hall–Kier alpha value is -2.12. The fraction of sp³-hybridized carbons (Fsp3) is 0.389. The van der Waals surface area contributed by atoms with Crippen LogP contribution in [0.2, 0.25) is 0 Å². The summed E-state index contributed by atoms with van der Waals surface area (Å²) in [6, 6.07) is 10.0. The van der Waals surface area contributed by atoms with Crippen LogP contribution in [0.4, 0.5) is 0 Å². The van der Waals surface area contributed by atoms with Crippen LogP contribution in [-0.4, -0.2) is 37.5 Å². The summed E-state index contributed by atoms with van der Waals surface area (Å²) >= 11 is 0. The van der Waals surface area contributed by atoms with Crippen LogP contribution in [0.5, 0.6) is 5.75 Å². The van der Waals surface area contributed by atoms with E-state index in [2.05, 4.69) is 0 Å². The van der Waals surface area contributed by atoms with E-state index < -0.39 is 10.0 Å². The zero-order chi connectivity index (χ0) is 18.0. The van der Waals surface area contributed by atoms with Gasteiger partial charge in [0, 0.05) is 32.4 Å². The molecule has 1 aromatic carbocycles. The van der Waals surface area contributed by atoms with Crippen LogP contribution in [0.25, 0.3) is 0 Å². The molecule has 1 aliphatic rings. The molecule has 1 saturated heterocycles. The van der Waals surface area contributed by atoms with Gasteiger partial charge in [0.05, 0.1) is 12.0 Å². The Morgan fingerprint density at radius 2 is 1.72 bits per heavy atom. The summed E-state index contributed by atoms with van der Waals surface area (Å²) in [4.78, 5) is 12.1. The molecule has 0 unspecified atom stereocenters. The SMILES string of the molecule is COc1ccc(S(=O)(=O)N2CCC(c3ccn(C)c(=O)c3)CC2)cc1. The van der Waals surface area contributed by atoms with Gasteiger partial charge < -0.3 is 9.30 Å². The number of pyridine rings is 1. The molecule has 2 aromatic rings. The zero-order valence-electron chi connectivity index (χ0n) is 14.4. The third-order valence-electron chi connectivity index (χ3n) is 4.75. The van der Waals surface area contributed by atoms with Gasteiger partial charge in [0.2, 0.25) is 10.0 Å². The van der Waals surface area contributed by atoms with Crippen molar-refractivity contribution in [2.75, 3.05) is 20.2 Å². The summed E-state index contributed by atoms with van der Waals surface area (Å²) in [5.41, 5.74) is 0.954. The molecular weight excluding hydrogens is 340 g/mol. The normalized spacial score (nSPS) is 16.7. The van der Waals surface area contributed by atoms with Crippen LogP contribution >= 0.6 is 0 Å². The average molecular weight is 362 g/mol. The van der Waals surface area contributed by atoms with E-state index in [4.69, 9.17) is 4.74 Å². The Bertz CT molecular complexity index is 895. The minimum absolute atomic E-state index is 0.0363. The van der Waals surface area contributed by atoms with Crippen molar-refractivity contribution in [3.63, 3.8) is 0 Å². The van der Waals surface area contributed by atoms with Gasteiger partial charge >= 0.3 is 0 Å². The van der Waals surface area contributed by atoms with Crippen LogP contribution in [0, 0.1) is 0 Å². The van der Waals surface area contributed by atoms with Crippen molar-refractivity contribution >= 4 is 10.0 Å². The molecule has 1 fully saturated rings. The third-order valence-corrected chi connectivity index (χ3v) is 6.66. The molecule has 2 heterocycles. The van der Waals surface area contributed by atoms with E-state index in [0.29, 0.717) is 31.7 Å². The van der Waals surface area contributed by atoms with Gasteiger partial charge in [0.15, 0.2) is 0 Å². The number of methoxy groups -OCH3 is 1. The van der Waals surface area contributed by atoms with Gasteiger partial charge in [-0.15, -0.1) is 0 Å². The summed E-state index contributed by atoms with van der Waals surface area (Å²) in [6.07, 6.45) is 3.18. The molecule has 1 aliphatic heterocycles. The molecule has 0 atom stereocenters. The van der Waals surface area contributed by atoms with Gasteiger partial charge in [-0.25, -0.2) is 8.42 Å². The lowest BCUT2D eigenvalue weighted by atomic mass is 9.91. The highest BCUT2D eigenvalue weighted by Gasteiger charge is 2.30. The summed E-state index contributed by atoms with van der Waals surface area (Å²) < 4.78 is 33.6. The molecule has 0 N–H and O–H groups in total. The molecule has 6 nitrogen and oxygen atoms in total. The van der Waals surface area contributed by atoms with Gasteiger partial charge in [-0.2, -0.15) is 4.31 Å². The summed E-state index contributed by atoms with van der Waals surface area (Å²) in [5.74, 6) is 0.847. The number of aromatic nitrogens is 1. The largest absolute Gasteiger partial charge is 0.497 e. The lowest BCUT2D eigenvalue weighted by Gasteiger charge is -2.31. The first-order chi connectivity index (χ1) is 11.9. The molecule has 7 heteroatoms. The fourth-order valence-electron chi connectivity index (χ4n) is 3.14. The molecule has 0 spiro atoms. The maximum absolute atomic E-state index is 12.8. The molecule has 0 bridgehead atoms. The topological polar surface area (TPSA) is 68.6 Å². The van der Waals surface area contributed by atoms with Crippen molar-refractivity contribution in [3.8, 4) is 5.75 Å². The first kappa shape index (κ1) is 17.7. The molecule has 0 radical (unpaired) electrons. The molecule has 25 heavy (non-hydrogen) atoms. The minimum atomic E-state index is -3.50. The molecular formula is C18H22N2O4S. The van der Waals surface area contributed by atoms with Crippen LogP contribution in [0.15, 0.2) is 52.3 Å². The zero-order valence-corrected chi connectivity index (χ0v) is 15.2. The number of hydrogen-bond acceptors (Lipinski definition) is 4. The van der Waals surface area contributed by atoms with Gasteiger partial charge in [-0.3, -0.25) is 4.79 Å². The van der Waals surface area contributed by atoms with E-state index in [1.165, 1.54) is 8.87 Å². The van der Waals surface area contributed by atoms with Crippen molar-refractivity contribution in [1.29, 1.82) is 0 Å². The van der Waals surface area contributed by atoms with Crippen LogP contribution in [0.1, 0.15) is 24.3 Å². The van der Waals surface area contributed by atoms with Crippen molar-refractivity contribution in [2.45, 2.75) is 23.7 Å². The van der Waals surface area contributed by atoms with E-state index in [1.807, 2.05) is 6.07 Å². The van der Waals surface area contributed by atoms with Gasteiger partial charge in [0.25, 0.3) is 5.56 Å². The van der Waals surface area contributed by atoms with E-state index in [9.17, 15) is 13.2 Å². The Morgan fingerprint density at radius 3 is 2.28 bits per heavy atom. The number of nitrogens with zero attached hydrogens (tertiary/aromatic N) is 2. The van der Waals surface area contributed by atoms with Crippen LogP contribution in [0.3, 0.4) is 0 Å². The number of benzene rings is 1. The number of piperidine rings is 1. The van der Waals surface area contributed by atoms with Crippen LogP contribution in [-0.2, 0) is 17.1 Å². The molecule has 1 aromatic heterocycles. The van der Waals surface area contributed by atoms with Crippen molar-refractivity contribution in [1.82, 2.24) is 8.87 Å².